The van der Waals surface area contributed by atoms with E-state index in [1.165, 1.54) is 24.0 Å². The third-order valence-electron chi connectivity index (χ3n) is 2.98. The predicted molar refractivity (Wildman–Crippen MR) is 90.8 cm³/mol. The Morgan fingerprint density at radius 3 is 2.78 bits per heavy atom. The van der Waals surface area contributed by atoms with Gasteiger partial charge in [0.05, 0.1) is 0 Å². The highest BCUT2D eigenvalue weighted by atomic mass is 32.2. The highest BCUT2D eigenvalue weighted by molar-refractivity contribution is 7.99. The number of benzene rings is 1. The van der Waals surface area contributed by atoms with Crippen LogP contribution in [0, 0.1) is 18.2 Å². The zero-order valence-corrected chi connectivity index (χ0v) is 13.9. The maximum Gasteiger partial charge on any atom is 0.271 e. The summed E-state index contributed by atoms with van der Waals surface area (Å²) >= 11 is 1.23. The molecule has 0 fully saturated rings. The number of nitrogens with one attached hydrogen (secondary N) is 1. The first kappa shape index (κ1) is 17.1. The number of fused-ring (bicyclic) bond motifs is 1. The topological polar surface area (TPSA) is 51.2 Å². The summed E-state index contributed by atoms with van der Waals surface area (Å²) in [5.41, 5.74) is -0.00488. The molecule has 2 aromatic rings. The first-order chi connectivity index (χ1) is 10.9. The third-order valence-corrected chi connectivity index (χ3v) is 3.72. The van der Waals surface area contributed by atoms with Gasteiger partial charge in [0.25, 0.3) is 5.91 Å². The molecule has 1 N–H and O–H groups in total. The molecule has 1 heterocycles. The number of ether oxygens (including phenoxy) is 1. The van der Waals surface area contributed by atoms with E-state index in [-0.39, 0.29) is 23.2 Å². The van der Waals surface area contributed by atoms with Crippen molar-refractivity contribution in [3.63, 3.8) is 0 Å². The van der Waals surface area contributed by atoms with Gasteiger partial charge >= 0.3 is 0 Å². The lowest BCUT2D eigenvalue weighted by atomic mass is 10.1. The van der Waals surface area contributed by atoms with E-state index in [0.29, 0.717) is 10.9 Å². The van der Waals surface area contributed by atoms with E-state index in [1.54, 1.807) is 18.4 Å². The number of thioether (sulfide) groups is 1. The van der Waals surface area contributed by atoms with Crippen molar-refractivity contribution in [3.05, 3.63) is 35.8 Å². The van der Waals surface area contributed by atoms with Crippen LogP contribution in [0.5, 0.6) is 5.75 Å². The van der Waals surface area contributed by atoms with Crippen LogP contribution in [0.3, 0.4) is 0 Å². The molecule has 120 valence electrons. The lowest BCUT2D eigenvalue weighted by molar-refractivity contribution is -0.124. The second kappa shape index (κ2) is 7.34. The first-order valence-corrected chi connectivity index (χ1v) is 8.29. The van der Waals surface area contributed by atoms with Crippen LogP contribution in [-0.2, 0) is 4.79 Å². The van der Waals surface area contributed by atoms with Gasteiger partial charge in [0.15, 0.2) is 5.82 Å². The number of aromatic nitrogens is 1. The molecule has 6 heteroatoms. The molecule has 1 amide bonds. The van der Waals surface area contributed by atoms with E-state index in [2.05, 4.69) is 16.2 Å². The van der Waals surface area contributed by atoms with E-state index in [4.69, 9.17) is 11.2 Å². The summed E-state index contributed by atoms with van der Waals surface area (Å²) in [5.74, 6) is 1.93. The van der Waals surface area contributed by atoms with E-state index in [0.717, 1.165) is 0 Å². The standard InChI is InChI=1S/C17H17FN2O2S/c1-5-11-6-12-7-13(8-14(18)15(12)19-9-11)22-17(23-4)16(21)20-10(2)3/h1,6-10,17H,2-4H3,(H,20,21). The van der Waals surface area contributed by atoms with Gasteiger partial charge in [-0.05, 0) is 32.2 Å². The van der Waals surface area contributed by atoms with Crippen molar-refractivity contribution in [1.29, 1.82) is 0 Å². The molecule has 0 spiro atoms. The van der Waals surface area contributed by atoms with E-state index >= 15 is 0 Å². The first-order valence-electron chi connectivity index (χ1n) is 7.00. The number of nitrogens with zero attached hydrogens (tertiary/aromatic N) is 1. The van der Waals surface area contributed by atoms with E-state index < -0.39 is 11.3 Å². The Morgan fingerprint density at radius 1 is 1.43 bits per heavy atom. The van der Waals surface area contributed by atoms with Gasteiger partial charge in [-0.3, -0.25) is 9.78 Å². The lowest BCUT2D eigenvalue weighted by Crippen LogP contribution is -2.39. The molecule has 0 radical (unpaired) electrons. The van der Waals surface area contributed by atoms with Crippen LogP contribution in [0.15, 0.2) is 24.4 Å². The van der Waals surface area contributed by atoms with Crippen molar-refractivity contribution < 1.29 is 13.9 Å². The molecule has 0 bridgehead atoms. The molecular formula is C17H17FN2O2S. The largest absolute Gasteiger partial charge is 0.470 e. The molecule has 2 rings (SSSR count). The van der Waals surface area contributed by atoms with Crippen molar-refractivity contribution in [3.8, 4) is 18.1 Å². The average molecular weight is 332 g/mol. The zero-order chi connectivity index (χ0) is 17.0. The van der Waals surface area contributed by atoms with Crippen molar-refractivity contribution in [1.82, 2.24) is 10.3 Å². The fourth-order valence-corrected chi connectivity index (χ4v) is 2.50. The Bertz CT molecular complexity index is 771. The van der Waals surface area contributed by atoms with Gasteiger partial charge in [0.2, 0.25) is 5.44 Å². The van der Waals surface area contributed by atoms with Crippen LogP contribution < -0.4 is 10.1 Å². The van der Waals surface area contributed by atoms with E-state index in [9.17, 15) is 9.18 Å². The van der Waals surface area contributed by atoms with Crippen LogP contribution in [-0.4, -0.2) is 28.6 Å². The number of terminal acetylenes is 1. The highest BCUT2D eigenvalue weighted by Gasteiger charge is 2.20. The fourth-order valence-electron chi connectivity index (χ4n) is 2.01. The molecule has 1 atom stereocenters. The summed E-state index contributed by atoms with van der Waals surface area (Å²) in [6, 6.07) is 4.49. The number of pyridine rings is 1. The molecular weight excluding hydrogens is 315 g/mol. The molecule has 1 aromatic carbocycles. The van der Waals surface area contributed by atoms with Crippen LogP contribution >= 0.6 is 11.8 Å². The fraction of sp³-hybridized carbons (Fsp3) is 0.294. The van der Waals surface area contributed by atoms with Gasteiger partial charge in [0, 0.05) is 29.3 Å². The summed E-state index contributed by atoms with van der Waals surface area (Å²) in [7, 11) is 0. The normalized spacial score (nSPS) is 12.0. The lowest BCUT2D eigenvalue weighted by Gasteiger charge is -2.18. The molecule has 23 heavy (non-hydrogen) atoms. The maximum absolute atomic E-state index is 14.1. The SMILES string of the molecule is C#Cc1cnc2c(F)cc(OC(SC)C(=O)NC(C)C)cc2c1. The van der Waals surface area contributed by atoms with Crippen LogP contribution in [0.4, 0.5) is 4.39 Å². The monoisotopic (exact) mass is 332 g/mol. The minimum atomic E-state index is -0.766. The highest BCUT2D eigenvalue weighted by Crippen LogP contribution is 2.26. The predicted octanol–water partition coefficient (Wildman–Crippen LogP) is 2.95. The Hall–Kier alpha value is -2.26. The van der Waals surface area contributed by atoms with Crippen LogP contribution in [0.2, 0.25) is 0 Å². The Balaban J connectivity index is 2.32. The molecule has 0 aliphatic heterocycles. The number of hydrogen-bond acceptors (Lipinski definition) is 4. The molecule has 1 unspecified atom stereocenters. The van der Waals surface area contributed by atoms with Crippen LogP contribution in [0.1, 0.15) is 19.4 Å². The van der Waals surface area contributed by atoms with Crippen LogP contribution in [0.25, 0.3) is 10.9 Å². The molecule has 1 aromatic heterocycles. The van der Waals surface area contributed by atoms with Gasteiger partial charge in [-0.1, -0.05) is 5.92 Å². The molecule has 0 saturated heterocycles. The zero-order valence-electron chi connectivity index (χ0n) is 13.1. The van der Waals surface area contributed by atoms with Crippen molar-refractivity contribution in [2.75, 3.05) is 6.26 Å². The quantitative estimate of drug-likeness (QED) is 0.676. The number of amides is 1. The summed E-state index contributed by atoms with van der Waals surface area (Å²) < 4.78 is 19.8. The second-order valence-electron chi connectivity index (χ2n) is 5.19. The second-order valence-corrected chi connectivity index (χ2v) is 6.09. The Morgan fingerprint density at radius 2 is 2.17 bits per heavy atom. The van der Waals surface area contributed by atoms with Gasteiger partial charge in [0.1, 0.15) is 11.3 Å². The third kappa shape index (κ3) is 4.14. The minimum Gasteiger partial charge on any atom is -0.470 e. The van der Waals surface area contributed by atoms with Gasteiger partial charge in [-0.2, -0.15) is 0 Å². The maximum atomic E-state index is 14.1. The molecule has 4 nitrogen and oxygen atoms in total. The number of hydrogen-bond donors (Lipinski definition) is 1. The van der Waals surface area contributed by atoms with Crippen molar-refractivity contribution in [2.24, 2.45) is 0 Å². The summed E-state index contributed by atoms with van der Waals surface area (Å²) in [4.78, 5) is 16.1. The van der Waals surface area contributed by atoms with E-state index in [1.807, 2.05) is 13.8 Å². The molecule has 0 aliphatic carbocycles. The van der Waals surface area contributed by atoms with Crippen molar-refractivity contribution in [2.45, 2.75) is 25.3 Å². The Kier molecular flexibility index (Phi) is 5.45. The summed E-state index contributed by atoms with van der Waals surface area (Å²) in [5, 5.41) is 3.29. The Labute approximate surface area is 138 Å². The molecule has 0 saturated carbocycles. The summed E-state index contributed by atoms with van der Waals surface area (Å²) in [6.07, 6.45) is 8.52. The number of carbonyl (C=O) groups is 1. The smallest absolute Gasteiger partial charge is 0.271 e. The minimum absolute atomic E-state index is 0.00326. The van der Waals surface area contributed by atoms with Gasteiger partial charge < -0.3 is 10.1 Å². The van der Waals surface area contributed by atoms with Crippen molar-refractivity contribution >= 4 is 28.6 Å². The van der Waals surface area contributed by atoms with Gasteiger partial charge in [-0.25, -0.2) is 4.39 Å². The summed E-state index contributed by atoms with van der Waals surface area (Å²) in [6.45, 7) is 3.72. The average Bonchev–Trinajstić information content (AvgIpc) is 2.51. The van der Waals surface area contributed by atoms with Gasteiger partial charge in [-0.15, -0.1) is 18.2 Å². The number of rotatable bonds is 5. The number of carbonyl (C=O) groups excluding carboxylic acids is 1. The number of halogens is 1. The molecule has 0 aliphatic rings.